The normalized spacial score (nSPS) is 25.4. The van der Waals surface area contributed by atoms with Crippen molar-refractivity contribution >= 4 is 0 Å². The van der Waals surface area contributed by atoms with Crippen LogP contribution in [0.2, 0.25) is 0 Å². The maximum atomic E-state index is 12.1. The van der Waals surface area contributed by atoms with E-state index >= 15 is 0 Å². The lowest BCUT2D eigenvalue weighted by Gasteiger charge is -2.32. The Morgan fingerprint density at radius 3 is 2.92 bits per heavy atom. The quantitative estimate of drug-likeness (QED) is 0.719. The number of piperidine rings is 1. The Balaban J connectivity index is 2.24. The van der Waals surface area contributed by atoms with E-state index in [1.807, 2.05) is 11.9 Å². The molecular weight excluding hydrogens is 174 g/mol. The van der Waals surface area contributed by atoms with Gasteiger partial charge in [-0.15, -0.1) is 0 Å². The van der Waals surface area contributed by atoms with Crippen molar-refractivity contribution in [3.8, 4) is 0 Å². The predicted octanol–water partition coefficient (Wildman–Crippen LogP) is 1.18. The van der Waals surface area contributed by atoms with Crippen molar-refractivity contribution in [2.45, 2.75) is 19.3 Å². The van der Waals surface area contributed by atoms with Gasteiger partial charge in [-0.3, -0.25) is 4.90 Å². The summed E-state index contributed by atoms with van der Waals surface area (Å²) >= 11 is 0. The minimum Gasteiger partial charge on any atom is -0.319 e. The Morgan fingerprint density at radius 1 is 1.54 bits per heavy atom. The first-order valence-corrected chi connectivity index (χ1v) is 4.87. The van der Waals surface area contributed by atoms with Gasteiger partial charge >= 0.3 is 0 Å². The molecule has 0 aromatic rings. The fourth-order valence-corrected chi connectivity index (χ4v) is 1.97. The number of likely N-dealkylation sites (tertiary alicyclic amines) is 1. The second-order valence-corrected chi connectivity index (χ2v) is 3.72. The van der Waals surface area contributed by atoms with Crippen LogP contribution in [0.25, 0.3) is 0 Å². The lowest BCUT2D eigenvalue weighted by molar-refractivity contribution is 0.0651. The second-order valence-electron chi connectivity index (χ2n) is 3.72. The highest BCUT2D eigenvalue weighted by atomic mass is 19.3. The van der Waals surface area contributed by atoms with Crippen LogP contribution in [0, 0.1) is 5.92 Å². The third-order valence-electron chi connectivity index (χ3n) is 2.49. The molecule has 2 nitrogen and oxygen atoms in total. The molecule has 1 heterocycles. The van der Waals surface area contributed by atoms with Gasteiger partial charge in [0.1, 0.15) is 0 Å². The molecule has 1 atom stereocenters. The van der Waals surface area contributed by atoms with Crippen LogP contribution >= 0.6 is 0 Å². The third kappa shape index (κ3) is 4.00. The fraction of sp³-hybridized carbons (Fsp3) is 1.00. The van der Waals surface area contributed by atoms with Gasteiger partial charge in [0.25, 0.3) is 6.43 Å². The van der Waals surface area contributed by atoms with E-state index in [0.717, 1.165) is 26.1 Å². The first-order chi connectivity index (χ1) is 6.22. The van der Waals surface area contributed by atoms with E-state index in [1.165, 1.54) is 6.42 Å². The number of nitrogens with one attached hydrogen (secondary N) is 1. The summed E-state index contributed by atoms with van der Waals surface area (Å²) in [6, 6.07) is 0. The maximum absolute atomic E-state index is 12.1. The summed E-state index contributed by atoms with van der Waals surface area (Å²) in [5.74, 6) is 0.553. The smallest absolute Gasteiger partial charge is 0.251 e. The summed E-state index contributed by atoms with van der Waals surface area (Å²) < 4.78 is 24.1. The van der Waals surface area contributed by atoms with Crippen molar-refractivity contribution in [3.05, 3.63) is 0 Å². The molecule has 0 radical (unpaired) electrons. The third-order valence-corrected chi connectivity index (χ3v) is 2.49. The van der Waals surface area contributed by atoms with E-state index in [9.17, 15) is 8.78 Å². The molecular formula is C9H18F2N2. The van der Waals surface area contributed by atoms with Gasteiger partial charge in [-0.1, -0.05) is 0 Å². The molecule has 1 aliphatic heterocycles. The van der Waals surface area contributed by atoms with Gasteiger partial charge in [-0.25, -0.2) is 8.78 Å². The van der Waals surface area contributed by atoms with E-state index in [0.29, 0.717) is 5.92 Å². The standard InChI is InChI=1S/C9H18F2N2/c1-12-5-8-3-2-4-13(6-8)7-9(10)11/h8-9,12H,2-7H2,1H3. The summed E-state index contributed by atoms with van der Waals surface area (Å²) in [6.07, 6.45) is 0.0351. The molecule has 1 rings (SSSR count). The number of hydrogen-bond donors (Lipinski definition) is 1. The molecule has 78 valence electrons. The zero-order chi connectivity index (χ0) is 9.68. The van der Waals surface area contributed by atoms with Gasteiger partial charge < -0.3 is 5.32 Å². The lowest BCUT2D eigenvalue weighted by Crippen LogP contribution is -2.41. The van der Waals surface area contributed by atoms with Crippen LogP contribution in [0.3, 0.4) is 0 Å². The second kappa shape index (κ2) is 5.50. The van der Waals surface area contributed by atoms with Crippen LogP contribution < -0.4 is 5.32 Å². The van der Waals surface area contributed by atoms with Gasteiger partial charge in [0.15, 0.2) is 0 Å². The van der Waals surface area contributed by atoms with Gasteiger partial charge in [0, 0.05) is 6.54 Å². The summed E-state index contributed by atoms with van der Waals surface area (Å²) in [5, 5.41) is 3.10. The molecule has 0 bridgehead atoms. The van der Waals surface area contributed by atoms with Crippen LogP contribution in [0.5, 0.6) is 0 Å². The summed E-state index contributed by atoms with van der Waals surface area (Å²) in [7, 11) is 1.91. The van der Waals surface area contributed by atoms with E-state index < -0.39 is 6.43 Å². The first-order valence-electron chi connectivity index (χ1n) is 4.87. The fourth-order valence-electron chi connectivity index (χ4n) is 1.97. The molecule has 0 spiro atoms. The van der Waals surface area contributed by atoms with Crippen molar-refractivity contribution in [3.63, 3.8) is 0 Å². The molecule has 13 heavy (non-hydrogen) atoms. The van der Waals surface area contributed by atoms with Gasteiger partial charge in [-0.05, 0) is 38.9 Å². The number of rotatable bonds is 4. The van der Waals surface area contributed by atoms with Crippen molar-refractivity contribution in [2.75, 3.05) is 33.2 Å². The molecule has 1 aliphatic rings. The summed E-state index contributed by atoms with van der Waals surface area (Å²) in [6.45, 7) is 2.55. The zero-order valence-corrected chi connectivity index (χ0v) is 8.10. The average Bonchev–Trinajstić information content (AvgIpc) is 2.04. The lowest BCUT2D eigenvalue weighted by atomic mass is 9.98. The Morgan fingerprint density at radius 2 is 2.31 bits per heavy atom. The van der Waals surface area contributed by atoms with Crippen molar-refractivity contribution in [2.24, 2.45) is 5.92 Å². The molecule has 1 saturated heterocycles. The van der Waals surface area contributed by atoms with Crippen molar-refractivity contribution in [1.29, 1.82) is 0 Å². The van der Waals surface area contributed by atoms with Crippen molar-refractivity contribution < 1.29 is 8.78 Å². The highest BCUT2D eigenvalue weighted by Gasteiger charge is 2.21. The van der Waals surface area contributed by atoms with Gasteiger partial charge in [0.05, 0.1) is 6.54 Å². The molecule has 1 unspecified atom stereocenters. The minimum absolute atomic E-state index is 0.0553. The molecule has 1 fully saturated rings. The van der Waals surface area contributed by atoms with E-state index in [1.54, 1.807) is 0 Å². The highest BCUT2D eigenvalue weighted by molar-refractivity contribution is 4.74. The molecule has 0 aromatic carbocycles. The van der Waals surface area contributed by atoms with Crippen LogP contribution in [0.4, 0.5) is 8.78 Å². The molecule has 1 N–H and O–H groups in total. The Bertz CT molecular complexity index is 140. The molecule has 4 heteroatoms. The Kier molecular flexibility index (Phi) is 4.59. The topological polar surface area (TPSA) is 15.3 Å². The number of halogens is 2. The molecule has 0 saturated carbocycles. The average molecular weight is 192 g/mol. The molecule has 0 aromatic heterocycles. The zero-order valence-electron chi connectivity index (χ0n) is 8.10. The van der Waals surface area contributed by atoms with Crippen LogP contribution in [-0.4, -0.2) is 44.6 Å². The minimum atomic E-state index is -2.19. The van der Waals surface area contributed by atoms with E-state index in [4.69, 9.17) is 0 Å². The molecule has 0 amide bonds. The number of nitrogens with zero attached hydrogens (tertiary/aromatic N) is 1. The van der Waals surface area contributed by atoms with Gasteiger partial charge in [-0.2, -0.15) is 0 Å². The number of hydrogen-bond acceptors (Lipinski definition) is 2. The summed E-state index contributed by atoms with van der Waals surface area (Å²) in [5.41, 5.74) is 0. The Labute approximate surface area is 78.3 Å². The molecule has 0 aliphatic carbocycles. The van der Waals surface area contributed by atoms with Crippen molar-refractivity contribution in [1.82, 2.24) is 10.2 Å². The largest absolute Gasteiger partial charge is 0.319 e. The van der Waals surface area contributed by atoms with Crippen LogP contribution in [0.1, 0.15) is 12.8 Å². The van der Waals surface area contributed by atoms with E-state index in [-0.39, 0.29) is 6.54 Å². The maximum Gasteiger partial charge on any atom is 0.251 e. The monoisotopic (exact) mass is 192 g/mol. The Hall–Kier alpha value is -0.220. The predicted molar refractivity (Wildman–Crippen MR) is 49.1 cm³/mol. The van der Waals surface area contributed by atoms with E-state index in [2.05, 4.69) is 5.32 Å². The van der Waals surface area contributed by atoms with Crippen LogP contribution in [0.15, 0.2) is 0 Å². The van der Waals surface area contributed by atoms with Crippen LogP contribution in [-0.2, 0) is 0 Å². The number of alkyl halides is 2. The highest BCUT2D eigenvalue weighted by Crippen LogP contribution is 2.16. The first kappa shape index (κ1) is 10.9. The van der Waals surface area contributed by atoms with Gasteiger partial charge in [0.2, 0.25) is 0 Å². The SMILES string of the molecule is CNCC1CCCN(CC(F)F)C1. The summed E-state index contributed by atoms with van der Waals surface area (Å²) in [4.78, 5) is 1.87.